The van der Waals surface area contributed by atoms with Gasteiger partial charge < -0.3 is 15.1 Å². The molecule has 6 nitrogen and oxygen atoms in total. The number of nitrogens with one attached hydrogen (secondary N) is 1. The van der Waals surface area contributed by atoms with Crippen molar-refractivity contribution < 1.29 is 0 Å². The lowest BCUT2D eigenvalue weighted by Gasteiger charge is -2.44. The number of hydrogen-bond donors (Lipinski definition) is 1. The van der Waals surface area contributed by atoms with Crippen LogP contribution < -0.4 is 5.32 Å². The Morgan fingerprint density at radius 2 is 1.97 bits per heavy atom. The van der Waals surface area contributed by atoms with E-state index < -0.39 is 0 Å². The predicted molar refractivity (Wildman–Crippen MR) is 117 cm³/mol. The molecule has 5 rings (SSSR count). The van der Waals surface area contributed by atoms with Gasteiger partial charge in [-0.2, -0.15) is 0 Å². The van der Waals surface area contributed by atoms with Gasteiger partial charge in [0, 0.05) is 44.6 Å². The van der Waals surface area contributed by atoms with E-state index in [9.17, 15) is 0 Å². The van der Waals surface area contributed by atoms with E-state index in [0.29, 0.717) is 18.2 Å². The van der Waals surface area contributed by atoms with Gasteiger partial charge in [-0.05, 0) is 57.0 Å². The lowest BCUT2D eigenvalue weighted by Crippen LogP contribution is -2.60. The molecule has 6 heteroatoms. The van der Waals surface area contributed by atoms with Crippen molar-refractivity contribution in [2.45, 2.75) is 50.5 Å². The smallest absolute Gasteiger partial charge is 0.129 e. The zero-order valence-electron chi connectivity index (χ0n) is 17.5. The first kappa shape index (κ1) is 19.0. The van der Waals surface area contributed by atoms with Gasteiger partial charge in [-0.25, -0.2) is 0 Å². The highest BCUT2D eigenvalue weighted by Crippen LogP contribution is 2.33. The molecule has 1 aromatic rings. The van der Waals surface area contributed by atoms with Crippen molar-refractivity contribution in [2.24, 2.45) is 4.99 Å². The van der Waals surface area contributed by atoms with Crippen LogP contribution in [0, 0.1) is 6.92 Å². The molecule has 5 heterocycles. The first-order chi connectivity index (χ1) is 14.2. The number of allylic oxidation sites excluding steroid dienone is 2. The number of hydrogen-bond acceptors (Lipinski definition) is 6. The predicted octanol–water partition coefficient (Wildman–Crippen LogP) is 2.31. The summed E-state index contributed by atoms with van der Waals surface area (Å²) in [7, 11) is 2.22. The molecule has 2 fully saturated rings. The van der Waals surface area contributed by atoms with Crippen molar-refractivity contribution in [3.05, 3.63) is 54.0 Å². The maximum atomic E-state index is 5.23. The minimum atomic E-state index is 0.243. The number of piperidine rings is 1. The molecule has 0 spiro atoms. The molecule has 2 unspecified atom stereocenters. The Bertz CT molecular complexity index is 822. The number of aryl methyl sites for hydroxylation is 1. The zero-order chi connectivity index (χ0) is 19.8. The summed E-state index contributed by atoms with van der Waals surface area (Å²) in [4.78, 5) is 17.4. The SMILES string of the molecule is Cc1cccnc1[C@@H]1CCC[C@H](C2N=C3C=CC=CN3C2N2CCN(C)CC2)N1. The molecule has 4 aliphatic heterocycles. The summed E-state index contributed by atoms with van der Waals surface area (Å²) < 4.78 is 0. The Balaban J connectivity index is 1.40. The van der Waals surface area contributed by atoms with Gasteiger partial charge in [0.25, 0.3) is 0 Å². The molecule has 1 N–H and O–H groups in total. The average Bonchev–Trinajstić information content (AvgIpc) is 3.14. The van der Waals surface area contributed by atoms with E-state index in [1.54, 1.807) is 0 Å². The number of pyridine rings is 1. The number of aliphatic imine (C=N–C) groups is 1. The molecule has 0 aromatic carbocycles. The van der Waals surface area contributed by atoms with Crippen LogP contribution in [0.1, 0.15) is 36.6 Å². The highest BCUT2D eigenvalue weighted by atomic mass is 15.4. The van der Waals surface area contributed by atoms with Gasteiger partial charge >= 0.3 is 0 Å². The van der Waals surface area contributed by atoms with Gasteiger partial charge in [-0.3, -0.25) is 14.9 Å². The fourth-order valence-electron chi connectivity index (χ4n) is 5.25. The van der Waals surface area contributed by atoms with E-state index in [1.807, 2.05) is 12.3 Å². The Kier molecular flexibility index (Phi) is 5.24. The van der Waals surface area contributed by atoms with Gasteiger partial charge in [-0.15, -0.1) is 0 Å². The van der Waals surface area contributed by atoms with Crippen molar-refractivity contribution in [1.29, 1.82) is 0 Å². The molecule has 0 bridgehead atoms. The van der Waals surface area contributed by atoms with Crippen LogP contribution in [-0.2, 0) is 0 Å². The average molecular weight is 393 g/mol. The fourth-order valence-corrected chi connectivity index (χ4v) is 5.25. The second kappa shape index (κ2) is 8.01. The van der Waals surface area contributed by atoms with Gasteiger partial charge in [0.15, 0.2) is 0 Å². The Morgan fingerprint density at radius 1 is 1.10 bits per heavy atom. The van der Waals surface area contributed by atoms with Crippen LogP contribution in [0.2, 0.25) is 0 Å². The van der Waals surface area contributed by atoms with Gasteiger partial charge in [0.1, 0.15) is 18.0 Å². The second-order valence-electron chi connectivity index (χ2n) is 8.80. The second-order valence-corrected chi connectivity index (χ2v) is 8.80. The summed E-state index contributed by atoms with van der Waals surface area (Å²) in [6.07, 6.45) is 14.4. The molecule has 0 radical (unpaired) electrons. The molecular weight excluding hydrogens is 360 g/mol. The number of rotatable bonds is 3. The minimum absolute atomic E-state index is 0.243. The molecule has 4 atom stereocenters. The maximum Gasteiger partial charge on any atom is 0.129 e. The van der Waals surface area contributed by atoms with Crippen LogP contribution in [0.25, 0.3) is 0 Å². The molecule has 4 aliphatic rings. The van der Waals surface area contributed by atoms with Gasteiger partial charge in [0.2, 0.25) is 0 Å². The van der Waals surface area contributed by atoms with Gasteiger partial charge in [0.05, 0.1) is 11.7 Å². The van der Waals surface area contributed by atoms with Crippen molar-refractivity contribution in [3.8, 4) is 0 Å². The van der Waals surface area contributed by atoms with E-state index in [2.05, 4.69) is 64.5 Å². The summed E-state index contributed by atoms with van der Waals surface area (Å²) in [6.45, 7) is 6.62. The van der Waals surface area contributed by atoms with E-state index in [-0.39, 0.29) is 6.04 Å². The summed E-state index contributed by atoms with van der Waals surface area (Å²) >= 11 is 0. The molecule has 1 aromatic heterocycles. The summed E-state index contributed by atoms with van der Waals surface area (Å²) in [5.74, 6) is 1.11. The number of nitrogens with zero attached hydrogens (tertiary/aromatic N) is 5. The highest BCUT2D eigenvalue weighted by molar-refractivity contribution is 5.96. The quantitative estimate of drug-likeness (QED) is 0.855. The summed E-state index contributed by atoms with van der Waals surface area (Å²) in [5, 5.41) is 3.96. The third-order valence-electron chi connectivity index (χ3n) is 6.87. The number of amidine groups is 1. The summed E-state index contributed by atoms with van der Waals surface area (Å²) in [5.41, 5.74) is 2.49. The lowest BCUT2D eigenvalue weighted by molar-refractivity contribution is 0.0474. The number of fused-ring (bicyclic) bond motifs is 1. The standard InChI is InChI=1S/C23H32N6/c1-17-7-6-11-24-21(17)18-8-5-9-19(25-18)22-23(28-15-13-27(2)14-16-28)29-12-4-3-10-20(29)26-22/h3-4,6-7,10-12,18-19,22-23,25H,5,8-9,13-16H2,1-2H3/t18-,19+,22?,23?/m0/s1. The Labute approximate surface area is 174 Å². The van der Waals surface area contributed by atoms with Crippen LogP contribution in [0.5, 0.6) is 0 Å². The Morgan fingerprint density at radius 3 is 2.79 bits per heavy atom. The number of piperazine rings is 1. The maximum absolute atomic E-state index is 5.23. The van der Waals surface area contributed by atoms with Crippen LogP contribution in [0.4, 0.5) is 0 Å². The van der Waals surface area contributed by atoms with Gasteiger partial charge in [-0.1, -0.05) is 12.1 Å². The molecule has 2 saturated heterocycles. The van der Waals surface area contributed by atoms with Crippen molar-refractivity contribution in [3.63, 3.8) is 0 Å². The third-order valence-corrected chi connectivity index (χ3v) is 6.87. The third kappa shape index (κ3) is 3.65. The normalized spacial score (nSPS) is 33.0. The van der Waals surface area contributed by atoms with Crippen LogP contribution in [-0.4, -0.2) is 77.0 Å². The highest BCUT2D eigenvalue weighted by Gasteiger charge is 2.44. The van der Waals surface area contributed by atoms with E-state index in [1.165, 1.54) is 24.1 Å². The Hall–Kier alpha value is -2.02. The molecule has 154 valence electrons. The number of aromatic nitrogens is 1. The van der Waals surface area contributed by atoms with Crippen molar-refractivity contribution in [1.82, 2.24) is 25.0 Å². The molecule has 0 aliphatic carbocycles. The molecule has 29 heavy (non-hydrogen) atoms. The van der Waals surface area contributed by atoms with E-state index in [4.69, 9.17) is 9.98 Å². The monoisotopic (exact) mass is 392 g/mol. The van der Waals surface area contributed by atoms with Crippen LogP contribution in [0.15, 0.2) is 47.7 Å². The van der Waals surface area contributed by atoms with Crippen LogP contribution >= 0.6 is 0 Å². The largest absolute Gasteiger partial charge is 0.315 e. The lowest BCUT2D eigenvalue weighted by atomic mass is 9.89. The molecule has 0 saturated carbocycles. The summed E-state index contributed by atoms with van der Waals surface area (Å²) in [6, 6.07) is 5.15. The molecular formula is C23H32N6. The van der Waals surface area contributed by atoms with Crippen molar-refractivity contribution >= 4 is 5.84 Å². The fraction of sp³-hybridized carbons (Fsp3) is 0.565. The van der Waals surface area contributed by atoms with Crippen molar-refractivity contribution in [2.75, 3.05) is 33.2 Å². The first-order valence-electron chi connectivity index (χ1n) is 11.0. The topological polar surface area (TPSA) is 47.0 Å². The number of likely N-dealkylation sites (N-methyl/N-ethyl adjacent to an activating group) is 1. The van der Waals surface area contributed by atoms with E-state index in [0.717, 1.165) is 38.4 Å². The first-order valence-corrected chi connectivity index (χ1v) is 11.0. The minimum Gasteiger partial charge on any atom is -0.315 e. The van der Waals surface area contributed by atoms with Crippen LogP contribution in [0.3, 0.4) is 0 Å². The zero-order valence-corrected chi connectivity index (χ0v) is 17.5. The molecule has 0 amide bonds. The van der Waals surface area contributed by atoms with E-state index >= 15 is 0 Å².